The van der Waals surface area contributed by atoms with Gasteiger partial charge in [0.15, 0.2) is 17.5 Å². The number of ether oxygens (including phenoxy) is 4. The first kappa shape index (κ1) is 19.6. The summed E-state index contributed by atoms with van der Waals surface area (Å²) in [6.07, 6.45) is 2.63. The van der Waals surface area contributed by atoms with Crippen LogP contribution in [0, 0.1) is 11.3 Å². The number of fused-ring (bicyclic) bond motifs is 1. The average molecular weight is 377 g/mol. The zero-order chi connectivity index (χ0) is 19.6. The molecule has 2 N–H and O–H groups in total. The number of nitrogens with zero attached hydrogens (tertiary/aromatic N) is 1. The van der Waals surface area contributed by atoms with Crippen LogP contribution in [0.4, 0.5) is 5.69 Å². The highest BCUT2D eigenvalue weighted by Crippen LogP contribution is 2.51. The zero-order valence-electron chi connectivity index (χ0n) is 17.1. The third-order valence-electron chi connectivity index (χ3n) is 5.77. The highest BCUT2D eigenvalue weighted by Gasteiger charge is 2.58. The smallest absolute Gasteiger partial charge is 0.203 e. The Bertz CT molecular complexity index is 679. The fraction of sp³-hybridized carbons (Fsp3) is 0.650. The molecule has 1 aromatic rings. The fourth-order valence-electron chi connectivity index (χ4n) is 4.41. The first-order valence-corrected chi connectivity index (χ1v) is 9.38. The van der Waals surface area contributed by atoms with Crippen molar-refractivity contribution in [3.63, 3.8) is 0 Å². The van der Waals surface area contributed by atoms with Crippen molar-refractivity contribution >= 4 is 11.6 Å². The Morgan fingerprint density at radius 1 is 1.15 bits per heavy atom. The predicted molar refractivity (Wildman–Crippen MR) is 106 cm³/mol. The Labute approximate surface area is 161 Å². The number of aliphatic imine (C=N–C) groups is 1. The lowest BCUT2D eigenvalue weighted by Crippen LogP contribution is -2.70. The molecule has 3 atom stereocenters. The Kier molecular flexibility index (Phi) is 5.69. The molecule has 3 unspecified atom stereocenters. The van der Waals surface area contributed by atoms with E-state index in [1.807, 2.05) is 12.1 Å². The third-order valence-corrected chi connectivity index (χ3v) is 5.77. The minimum atomic E-state index is 0.0675. The number of nitrogens with one attached hydrogen (secondary N) is 2. The van der Waals surface area contributed by atoms with E-state index in [-0.39, 0.29) is 5.41 Å². The van der Waals surface area contributed by atoms with Crippen LogP contribution in [0.3, 0.4) is 0 Å². The summed E-state index contributed by atoms with van der Waals surface area (Å²) in [5.74, 6) is 2.99. The molecule has 7 nitrogen and oxygen atoms in total. The van der Waals surface area contributed by atoms with Crippen molar-refractivity contribution in [1.82, 2.24) is 5.32 Å². The molecule has 0 radical (unpaired) electrons. The lowest BCUT2D eigenvalue weighted by Gasteiger charge is -2.60. The van der Waals surface area contributed by atoms with Gasteiger partial charge < -0.3 is 29.6 Å². The zero-order valence-corrected chi connectivity index (χ0v) is 17.1. The maximum absolute atomic E-state index is 5.99. The second kappa shape index (κ2) is 7.84. The Hall–Kier alpha value is -2.15. The number of rotatable bonds is 5. The minimum Gasteiger partial charge on any atom is -0.493 e. The molecule has 1 saturated heterocycles. The molecule has 0 aromatic heterocycles. The quantitative estimate of drug-likeness (QED) is 0.607. The number of guanidine groups is 1. The van der Waals surface area contributed by atoms with Crippen molar-refractivity contribution in [2.24, 2.45) is 16.3 Å². The van der Waals surface area contributed by atoms with E-state index in [1.165, 1.54) is 6.42 Å². The molecule has 0 spiro atoms. The number of benzene rings is 1. The van der Waals surface area contributed by atoms with E-state index in [0.717, 1.165) is 18.7 Å². The van der Waals surface area contributed by atoms with Crippen molar-refractivity contribution in [2.75, 3.05) is 40.3 Å². The van der Waals surface area contributed by atoms with Gasteiger partial charge in [-0.3, -0.25) is 4.99 Å². The van der Waals surface area contributed by atoms with Gasteiger partial charge in [-0.1, -0.05) is 13.8 Å². The fourth-order valence-corrected chi connectivity index (χ4v) is 4.41. The molecule has 1 aromatic carbocycles. The van der Waals surface area contributed by atoms with E-state index in [0.29, 0.717) is 41.3 Å². The van der Waals surface area contributed by atoms with Crippen molar-refractivity contribution in [3.8, 4) is 17.2 Å². The van der Waals surface area contributed by atoms with Crippen molar-refractivity contribution in [2.45, 2.75) is 38.8 Å². The van der Waals surface area contributed by atoms with Gasteiger partial charge in [0.05, 0.1) is 27.4 Å². The molecule has 7 heteroatoms. The Balaban J connectivity index is 1.76. The van der Waals surface area contributed by atoms with Crippen LogP contribution in [0.25, 0.3) is 0 Å². The molecule has 1 aliphatic carbocycles. The van der Waals surface area contributed by atoms with E-state index in [1.54, 1.807) is 28.4 Å². The minimum absolute atomic E-state index is 0.0675. The van der Waals surface area contributed by atoms with Gasteiger partial charge in [0.25, 0.3) is 0 Å². The maximum Gasteiger partial charge on any atom is 0.203 e. The first-order valence-electron chi connectivity index (χ1n) is 9.38. The number of hydrogen-bond donors (Lipinski definition) is 2. The topological polar surface area (TPSA) is 73.3 Å². The van der Waals surface area contributed by atoms with E-state index < -0.39 is 0 Å². The number of methoxy groups -OCH3 is 3. The molecule has 150 valence electrons. The summed E-state index contributed by atoms with van der Waals surface area (Å²) in [6, 6.07) is 4.05. The molecule has 1 aliphatic heterocycles. The van der Waals surface area contributed by atoms with Gasteiger partial charge in [-0.05, 0) is 12.8 Å². The molecular formula is C20H31N3O4. The van der Waals surface area contributed by atoms with Gasteiger partial charge in [0.1, 0.15) is 0 Å². The van der Waals surface area contributed by atoms with E-state index >= 15 is 0 Å². The van der Waals surface area contributed by atoms with Crippen molar-refractivity contribution < 1.29 is 18.9 Å². The summed E-state index contributed by atoms with van der Waals surface area (Å²) in [5, 5.41) is 6.93. The van der Waals surface area contributed by atoms with Crippen molar-refractivity contribution in [1.29, 1.82) is 0 Å². The van der Waals surface area contributed by atoms with Crippen LogP contribution in [0.2, 0.25) is 0 Å². The van der Waals surface area contributed by atoms with Crippen LogP contribution < -0.4 is 24.8 Å². The molecule has 1 heterocycles. The average Bonchev–Trinajstić information content (AvgIpc) is 2.69. The van der Waals surface area contributed by atoms with Gasteiger partial charge in [0.2, 0.25) is 5.75 Å². The Morgan fingerprint density at radius 2 is 1.81 bits per heavy atom. The van der Waals surface area contributed by atoms with Gasteiger partial charge in [-0.15, -0.1) is 0 Å². The summed E-state index contributed by atoms with van der Waals surface area (Å²) in [5.41, 5.74) is 0.879. The molecule has 1 saturated carbocycles. The van der Waals surface area contributed by atoms with Gasteiger partial charge in [0, 0.05) is 48.8 Å². The second-order valence-corrected chi connectivity index (χ2v) is 7.65. The monoisotopic (exact) mass is 377 g/mol. The first-order chi connectivity index (χ1) is 13.0. The molecule has 27 heavy (non-hydrogen) atoms. The second-order valence-electron chi connectivity index (χ2n) is 7.65. The summed E-state index contributed by atoms with van der Waals surface area (Å²) >= 11 is 0. The summed E-state index contributed by atoms with van der Waals surface area (Å²) < 4.78 is 22.2. The van der Waals surface area contributed by atoms with E-state index in [9.17, 15) is 0 Å². The standard InChI is InChI=1S/C20H31N3O4/c1-20(2)17(13-8-7-9-27-18(13)20)23-19(21-3)22-12-10-14(24-4)16(26-6)15(11-12)25-5/h10-11,13,17-18H,7-9H2,1-6H3,(H2,21,22,23). The van der Waals surface area contributed by atoms with Crippen molar-refractivity contribution in [3.05, 3.63) is 12.1 Å². The van der Waals surface area contributed by atoms with E-state index in [2.05, 4.69) is 29.5 Å². The highest BCUT2D eigenvalue weighted by molar-refractivity contribution is 5.94. The van der Waals surface area contributed by atoms with Crippen LogP contribution in [0.1, 0.15) is 26.7 Å². The third kappa shape index (κ3) is 3.52. The summed E-state index contributed by atoms with van der Waals surface area (Å²) in [6.45, 7) is 5.38. The molecule has 2 aliphatic rings. The highest BCUT2D eigenvalue weighted by atomic mass is 16.5. The largest absolute Gasteiger partial charge is 0.493 e. The van der Waals surface area contributed by atoms with Gasteiger partial charge >= 0.3 is 0 Å². The lowest BCUT2D eigenvalue weighted by atomic mass is 9.55. The molecule has 2 fully saturated rings. The summed E-state index contributed by atoms with van der Waals surface area (Å²) in [7, 11) is 6.58. The summed E-state index contributed by atoms with van der Waals surface area (Å²) in [4.78, 5) is 4.40. The van der Waals surface area contributed by atoms with Gasteiger partial charge in [-0.25, -0.2) is 0 Å². The molecule has 0 bridgehead atoms. The maximum atomic E-state index is 5.99. The molecule has 0 amide bonds. The SMILES string of the molecule is CN=C(Nc1cc(OC)c(OC)c(OC)c1)NC1C2CCCOC2C1(C)C. The van der Waals surface area contributed by atoms with Gasteiger partial charge in [-0.2, -0.15) is 0 Å². The number of hydrogen-bond acceptors (Lipinski definition) is 5. The van der Waals surface area contributed by atoms with Crippen LogP contribution in [-0.2, 0) is 4.74 Å². The van der Waals surface area contributed by atoms with E-state index in [4.69, 9.17) is 18.9 Å². The van der Waals surface area contributed by atoms with Crippen LogP contribution in [0.15, 0.2) is 17.1 Å². The molecule has 3 rings (SSSR count). The van der Waals surface area contributed by atoms with Crippen LogP contribution >= 0.6 is 0 Å². The normalized spacial score (nSPS) is 26.4. The van der Waals surface area contributed by atoms with Crippen LogP contribution in [-0.4, -0.2) is 53.1 Å². The number of anilines is 1. The predicted octanol–water partition coefficient (Wildman–Crippen LogP) is 2.90. The lowest BCUT2D eigenvalue weighted by molar-refractivity contribution is -0.188. The van der Waals surface area contributed by atoms with Crippen LogP contribution in [0.5, 0.6) is 17.2 Å². The molecular weight excluding hydrogens is 346 g/mol. The Morgan fingerprint density at radius 3 is 2.37 bits per heavy atom.